The summed E-state index contributed by atoms with van der Waals surface area (Å²) in [7, 11) is 0. The summed E-state index contributed by atoms with van der Waals surface area (Å²) < 4.78 is 1.09. The van der Waals surface area contributed by atoms with E-state index in [-0.39, 0.29) is 35.0 Å². The van der Waals surface area contributed by atoms with Gasteiger partial charge in [-0.15, -0.1) is 0 Å². The number of carbonyl (C=O) groups excluding carboxylic acids is 1. The van der Waals surface area contributed by atoms with Crippen LogP contribution in [-0.4, -0.2) is 31.9 Å². The molecule has 3 N–H and O–H groups in total. The van der Waals surface area contributed by atoms with E-state index in [0.717, 1.165) is 16.7 Å². The summed E-state index contributed by atoms with van der Waals surface area (Å²) in [4.78, 5) is 25.1. The minimum Gasteiger partial charge on any atom is -0.379 e. The third-order valence-electron chi connectivity index (χ3n) is 7.49. The molecule has 1 saturated carbocycles. The van der Waals surface area contributed by atoms with Gasteiger partial charge in [0.1, 0.15) is 11.6 Å². The molecule has 170 valence electrons. The molecule has 1 aliphatic rings. The van der Waals surface area contributed by atoms with Crippen molar-refractivity contribution in [2.75, 3.05) is 5.32 Å². The minimum atomic E-state index is -0.484. The van der Waals surface area contributed by atoms with Gasteiger partial charge in [0.25, 0.3) is 5.56 Å². The maximum atomic E-state index is 12.7. The number of aromatic amines is 1. The fraction of sp³-hybridized carbons (Fsp3) is 0.636. The van der Waals surface area contributed by atoms with Gasteiger partial charge in [-0.25, -0.2) is 4.68 Å². The van der Waals surface area contributed by atoms with Gasteiger partial charge in [-0.2, -0.15) is 10.2 Å². The van der Waals surface area contributed by atoms with Crippen LogP contribution in [0, 0.1) is 23.2 Å². The van der Waals surface area contributed by atoms with Crippen LogP contribution in [-0.2, 0) is 11.3 Å². The van der Waals surface area contributed by atoms with Crippen LogP contribution >= 0.6 is 11.6 Å². The van der Waals surface area contributed by atoms with Crippen LogP contribution in [0.25, 0.3) is 0 Å². The second-order valence-electron chi connectivity index (χ2n) is 9.51. The van der Waals surface area contributed by atoms with Crippen LogP contribution in [0.3, 0.4) is 0 Å². The first kappa shape index (κ1) is 23.3. The van der Waals surface area contributed by atoms with Crippen molar-refractivity contribution >= 4 is 23.2 Å². The summed E-state index contributed by atoms with van der Waals surface area (Å²) in [6.07, 6.45) is 5.88. The molecule has 9 heteroatoms. The van der Waals surface area contributed by atoms with E-state index in [1.54, 1.807) is 12.4 Å². The van der Waals surface area contributed by atoms with Gasteiger partial charge in [-0.1, -0.05) is 46.2 Å². The van der Waals surface area contributed by atoms with Gasteiger partial charge in [0.15, 0.2) is 0 Å². The summed E-state index contributed by atoms with van der Waals surface area (Å²) in [5, 5.41) is 17.1. The van der Waals surface area contributed by atoms with Gasteiger partial charge < -0.3 is 10.6 Å². The van der Waals surface area contributed by atoms with Crippen LogP contribution in [0.4, 0.5) is 5.69 Å². The van der Waals surface area contributed by atoms with Crippen molar-refractivity contribution in [2.24, 2.45) is 23.2 Å². The molecule has 5 atom stereocenters. The topological polar surface area (TPSA) is 105 Å². The standard InChI is InChI=1S/C22H33ClN6O2/c1-12-7-17(13(2)14(3)22(12,5)6)28-18-10-26-29(21(31)20(18)23)11-19(30)27-15(4)16-8-24-25-9-16/h8-10,12-15,17,28H,7,11H2,1-6H3,(H,24,25)(H,27,30)/t12-,13+,14+,15?,17+/m0/s1. The van der Waals surface area contributed by atoms with E-state index in [1.165, 1.54) is 6.20 Å². The molecule has 1 fully saturated rings. The number of carbonyl (C=O) groups is 1. The molecule has 8 nitrogen and oxygen atoms in total. The van der Waals surface area contributed by atoms with Gasteiger partial charge in [-0.3, -0.25) is 14.7 Å². The van der Waals surface area contributed by atoms with Crippen LogP contribution in [0.15, 0.2) is 23.4 Å². The maximum absolute atomic E-state index is 12.7. The summed E-state index contributed by atoms with van der Waals surface area (Å²) in [6, 6.07) is -0.0360. The largest absolute Gasteiger partial charge is 0.379 e. The summed E-state index contributed by atoms with van der Waals surface area (Å²) in [5.74, 6) is 1.14. The number of amides is 1. The van der Waals surface area contributed by atoms with Gasteiger partial charge in [0.2, 0.25) is 5.91 Å². The molecule has 0 aromatic carbocycles. The Morgan fingerprint density at radius 2 is 2.06 bits per heavy atom. The summed E-state index contributed by atoms with van der Waals surface area (Å²) in [6.45, 7) is 13.1. The SMILES string of the molecule is CC(NC(=O)Cn1ncc(N[C@@H]2C[C@H](C)C(C)(C)[C@H](C)[C@H]2C)c(Cl)c1=O)c1cn[nH]c1. The van der Waals surface area contributed by atoms with Crippen molar-refractivity contribution in [2.45, 2.75) is 66.6 Å². The van der Waals surface area contributed by atoms with E-state index in [0.29, 0.717) is 23.4 Å². The lowest BCUT2D eigenvalue weighted by Crippen LogP contribution is -2.48. The van der Waals surface area contributed by atoms with Crippen molar-refractivity contribution in [3.05, 3.63) is 39.5 Å². The van der Waals surface area contributed by atoms with Crippen LogP contribution < -0.4 is 16.2 Å². The number of rotatable bonds is 6. The minimum absolute atomic E-state index is 0.0584. The number of anilines is 1. The Labute approximate surface area is 188 Å². The number of aromatic nitrogens is 4. The zero-order valence-corrected chi connectivity index (χ0v) is 19.8. The lowest BCUT2D eigenvalue weighted by Gasteiger charge is -2.50. The van der Waals surface area contributed by atoms with Gasteiger partial charge in [0, 0.05) is 17.8 Å². The molecule has 1 amide bonds. The second-order valence-corrected chi connectivity index (χ2v) is 9.89. The number of hydrogen-bond donors (Lipinski definition) is 3. The Kier molecular flexibility index (Phi) is 6.79. The Morgan fingerprint density at radius 3 is 2.71 bits per heavy atom. The molecule has 1 aliphatic carbocycles. The smallest absolute Gasteiger partial charge is 0.288 e. The third-order valence-corrected chi connectivity index (χ3v) is 7.86. The molecule has 31 heavy (non-hydrogen) atoms. The van der Waals surface area contributed by atoms with Crippen molar-refractivity contribution < 1.29 is 4.79 Å². The lowest BCUT2D eigenvalue weighted by atomic mass is 9.58. The fourth-order valence-corrected chi connectivity index (χ4v) is 4.65. The predicted octanol–water partition coefficient (Wildman–Crippen LogP) is 3.62. The zero-order valence-electron chi connectivity index (χ0n) is 19.1. The average Bonchev–Trinajstić information content (AvgIpc) is 3.25. The highest BCUT2D eigenvalue weighted by molar-refractivity contribution is 6.32. The quantitative estimate of drug-likeness (QED) is 0.626. The highest BCUT2D eigenvalue weighted by atomic mass is 35.5. The van der Waals surface area contributed by atoms with Crippen molar-refractivity contribution in [3.63, 3.8) is 0 Å². The molecule has 2 aromatic heterocycles. The highest BCUT2D eigenvalue weighted by Gasteiger charge is 2.43. The Bertz CT molecular complexity index is 971. The van der Waals surface area contributed by atoms with Crippen LogP contribution in [0.1, 0.15) is 59.6 Å². The molecule has 3 rings (SSSR count). The van der Waals surface area contributed by atoms with Gasteiger partial charge in [0.05, 0.1) is 24.1 Å². The highest BCUT2D eigenvalue weighted by Crippen LogP contribution is 2.48. The number of H-pyrrole nitrogens is 1. The van der Waals surface area contributed by atoms with Gasteiger partial charge >= 0.3 is 0 Å². The summed E-state index contributed by atoms with van der Waals surface area (Å²) in [5.41, 5.74) is 1.14. The molecule has 0 radical (unpaired) electrons. The molecule has 0 spiro atoms. The Hall–Kier alpha value is -2.35. The van der Waals surface area contributed by atoms with E-state index < -0.39 is 5.56 Å². The van der Waals surface area contributed by atoms with Crippen molar-refractivity contribution in [1.82, 2.24) is 25.3 Å². The van der Waals surface area contributed by atoms with Crippen LogP contribution in [0.2, 0.25) is 5.02 Å². The number of halogens is 1. The predicted molar refractivity (Wildman–Crippen MR) is 122 cm³/mol. The normalized spacial score (nSPS) is 26.3. The molecular formula is C22H33ClN6O2. The lowest BCUT2D eigenvalue weighted by molar-refractivity contribution is -0.122. The first-order chi connectivity index (χ1) is 14.5. The number of hydrogen-bond acceptors (Lipinski definition) is 5. The molecular weight excluding hydrogens is 416 g/mol. The molecule has 0 aliphatic heterocycles. The first-order valence-corrected chi connectivity index (χ1v) is 11.2. The van der Waals surface area contributed by atoms with Crippen molar-refractivity contribution in [1.29, 1.82) is 0 Å². The maximum Gasteiger partial charge on any atom is 0.288 e. The van der Waals surface area contributed by atoms with E-state index in [4.69, 9.17) is 11.6 Å². The Morgan fingerprint density at radius 1 is 1.35 bits per heavy atom. The monoisotopic (exact) mass is 448 g/mol. The van der Waals surface area contributed by atoms with Crippen molar-refractivity contribution in [3.8, 4) is 0 Å². The fourth-order valence-electron chi connectivity index (χ4n) is 4.45. The molecule has 2 aromatic rings. The number of nitrogens with zero attached hydrogens (tertiary/aromatic N) is 3. The number of nitrogens with one attached hydrogen (secondary N) is 3. The zero-order chi connectivity index (χ0) is 22.9. The molecule has 2 heterocycles. The van der Waals surface area contributed by atoms with E-state index >= 15 is 0 Å². The third kappa shape index (κ3) is 4.79. The first-order valence-electron chi connectivity index (χ1n) is 10.8. The molecule has 0 saturated heterocycles. The summed E-state index contributed by atoms with van der Waals surface area (Å²) >= 11 is 6.38. The second kappa shape index (κ2) is 9.02. The van der Waals surface area contributed by atoms with Gasteiger partial charge in [-0.05, 0) is 36.5 Å². The van der Waals surface area contributed by atoms with E-state index in [2.05, 4.69) is 60.5 Å². The molecule has 0 bridgehead atoms. The Balaban J connectivity index is 1.69. The van der Waals surface area contributed by atoms with E-state index in [9.17, 15) is 9.59 Å². The average molecular weight is 449 g/mol. The van der Waals surface area contributed by atoms with E-state index in [1.807, 2.05) is 6.92 Å². The molecule has 1 unspecified atom stereocenters. The van der Waals surface area contributed by atoms with Crippen LogP contribution in [0.5, 0.6) is 0 Å².